The Balaban J connectivity index is 0.000000163. The SMILES string of the molecule is CCc1ccccc1C(=O)c1cc(C2CCCC(c3ccccc3)C2)ccc1C(C)(C)C.CCc1ccccc1C(=O)c1cc(C2CCCC(c3ccccc3)C2)ccc1CC.CCc1ccccc1C(=O)c1cc(C2CCC[C@@H](CC(C)C)C2)ccc1C(C)(C)C. The van der Waals surface area contributed by atoms with Gasteiger partial charge in [0.05, 0.1) is 0 Å². The summed E-state index contributed by atoms with van der Waals surface area (Å²) < 4.78 is 0. The second-order valence-electron chi connectivity index (χ2n) is 29.7. The van der Waals surface area contributed by atoms with Crippen LogP contribution in [0.3, 0.4) is 0 Å². The number of aryl methyl sites for hydroxylation is 4. The minimum absolute atomic E-state index is 0.0581. The third-order valence-electron chi connectivity index (χ3n) is 20.8. The Morgan fingerprint density at radius 2 is 0.641 bits per heavy atom. The highest BCUT2D eigenvalue weighted by Gasteiger charge is 2.32. The Kier molecular flexibility index (Phi) is 24.1. The van der Waals surface area contributed by atoms with Crippen LogP contribution in [0.15, 0.2) is 188 Å². The molecular weight excluding hydrogens is 1120 g/mol. The Morgan fingerprint density at radius 3 is 1.01 bits per heavy atom. The van der Waals surface area contributed by atoms with E-state index in [2.05, 4.69) is 217 Å². The van der Waals surface area contributed by atoms with E-state index in [1.807, 2.05) is 54.6 Å². The zero-order valence-electron chi connectivity index (χ0n) is 58.2. The maximum Gasteiger partial charge on any atom is 0.193 e. The molecule has 0 heterocycles. The van der Waals surface area contributed by atoms with Gasteiger partial charge in [-0.25, -0.2) is 0 Å². The molecule has 5 unspecified atom stereocenters. The van der Waals surface area contributed by atoms with Gasteiger partial charge in [0, 0.05) is 33.4 Å². The maximum atomic E-state index is 13.8. The van der Waals surface area contributed by atoms with Crippen LogP contribution < -0.4 is 0 Å². The van der Waals surface area contributed by atoms with Crippen LogP contribution in [0.1, 0.15) is 305 Å². The molecule has 3 heteroatoms. The van der Waals surface area contributed by atoms with Crippen molar-refractivity contribution in [2.45, 2.75) is 233 Å². The van der Waals surface area contributed by atoms with Crippen LogP contribution in [0.5, 0.6) is 0 Å². The van der Waals surface area contributed by atoms with Gasteiger partial charge in [-0.2, -0.15) is 0 Å². The van der Waals surface area contributed by atoms with E-state index in [0.717, 1.165) is 111 Å². The third kappa shape index (κ3) is 17.3. The summed E-state index contributed by atoms with van der Waals surface area (Å²) in [5.41, 5.74) is 19.0. The minimum Gasteiger partial charge on any atom is -0.289 e. The maximum absolute atomic E-state index is 13.8. The fourth-order valence-corrected chi connectivity index (χ4v) is 15.8. The molecule has 11 rings (SSSR count). The number of benzene rings is 8. The second kappa shape index (κ2) is 32.1. The molecule has 482 valence electrons. The van der Waals surface area contributed by atoms with Crippen LogP contribution in [0, 0.1) is 11.8 Å². The molecule has 0 radical (unpaired) electrons. The van der Waals surface area contributed by atoms with Gasteiger partial charge in [0.1, 0.15) is 0 Å². The van der Waals surface area contributed by atoms with Gasteiger partial charge in [-0.3, -0.25) is 14.4 Å². The average molecular weight is 1230 g/mol. The van der Waals surface area contributed by atoms with Crippen LogP contribution in [0.2, 0.25) is 0 Å². The smallest absolute Gasteiger partial charge is 0.193 e. The average Bonchev–Trinajstić information content (AvgIpc) is 0.881. The van der Waals surface area contributed by atoms with Gasteiger partial charge >= 0.3 is 0 Å². The molecule has 3 fully saturated rings. The van der Waals surface area contributed by atoms with Crippen LogP contribution in [0.4, 0.5) is 0 Å². The molecule has 6 atom stereocenters. The van der Waals surface area contributed by atoms with Crippen molar-refractivity contribution in [2.75, 3.05) is 0 Å². The van der Waals surface area contributed by atoms with E-state index in [9.17, 15) is 14.4 Å². The van der Waals surface area contributed by atoms with Crippen LogP contribution in [0.25, 0.3) is 0 Å². The minimum atomic E-state index is -0.0795. The summed E-state index contributed by atoms with van der Waals surface area (Å²) in [6, 6.07) is 66.4. The first-order valence-corrected chi connectivity index (χ1v) is 35.7. The molecule has 0 N–H and O–H groups in total. The van der Waals surface area contributed by atoms with E-state index in [-0.39, 0.29) is 28.2 Å². The van der Waals surface area contributed by atoms with Crippen molar-refractivity contribution in [1.82, 2.24) is 0 Å². The molecule has 0 aliphatic heterocycles. The largest absolute Gasteiger partial charge is 0.289 e. The molecule has 8 aromatic carbocycles. The van der Waals surface area contributed by atoms with E-state index in [4.69, 9.17) is 0 Å². The van der Waals surface area contributed by atoms with Crippen molar-refractivity contribution in [1.29, 1.82) is 0 Å². The van der Waals surface area contributed by atoms with Gasteiger partial charge in [-0.15, -0.1) is 0 Å². The fraction of sp³-hybridized carbons (Fsp3) is 0.427. The summed E-state index contributed by atoms with van der Waals surface area (Å²) in [5, 5.41) is 0. The Labute approximate surface area is 555 Å². The molecule has 3 aliphatic rings. The van der Waals surface area contributed by atoms with Gasteiger partial charge in [-0.05, 0) is 215 Å². The van der Waals surface area contributed by atoms with Gasteiger partial charge < -0.3 is 0 Å². The highest BCUT2D eigenvalue weighted by atomic mass is 16.1. The lowest BCUT2D eigenvalue weighted by molar-refractivity contribution is 0.102. The lowest BCUT2D eigenvalue weighted by atomic mass is 9.73. The number of hydrogen-bond acceptors (Lipinski definition) is 3. The van der Waals surface area contributed by atoms with Crippen molar-refractivity contribution >= 4 is 17.3 Å². The summed E-state index contributed by atoms with van der Waals surface area (Å²) in [6.45, 7) is 26.4. The van der Waals surface area contributed by atoms with E-state index in [1.165, 1.54) is 105 Å². The van der Waals surface area contributed by atoms with Gasteiger partial charge in [0.15, 0.2) is 17.3 Å². The number of carbonyl (C=O) groups is 3. The first-order valence-electron chi connectivity index (χ1n) is 35.7. The summed E-state index contributed by atoms with van der Waals surface area (Å²) in [6.07, 6.45) is 19.8. The molecule has 8 aromatic rings. The quantitative estimate of drug-likeness (QED) is 0.0854. The van der Waals surface area contributed by atoms with Crippen LogP contribution in [-0.2, 0) is 36.5 Å². The van der Waals surface area contributed by atoms with Crippen molar-refractivity contribution in [2.24, 2.45) is 11.8 Å². The lowest BCUT2D eigenvalue weighted by Crippen LogP contribution is -2.20. The van der Waals surface area contributed by atoms with Crippen molar-refractivity contribution in [3.63, 3.8) is 0 Å². The van der Waals surface area contributed by atoms with Gasteiger partial charge in [0.25, 0.3) is 0 Å². The predicted octanol–water partition coefficient (Wildman–Crippen LogP) is 23.8. The van der Waals surface area contributed by atoms with Crippen molar-refractivity contribution in [3.8, 4) is 0 Å². The van der Waals surface area contributed by atoms with E-state index in [1.54, 1.807) is 0 Å². The highest BCUT2D eigenvalue weighted by molar-refractivity contribution is 6.12. The molecule has 0 saturated heterocycles. The molecule has 0 amide bonds. The normalized spacial score (nSPS) is 19.2. The molecule has 0 aromatic heterocycles. The van der Waals surface area contributed by atoms with Crippen LogP contribution >= 0.6 is 0 Å². The third-order valence-corrected chi connectivity index (χ3v) is 20.8. The van der Waals surface area contributed by atoms with Gasteiger partial charge in [-0.1, -0.05) is 279 Å². The molecule has 0 bridgehead atoms. The number of rotatable bonds is 17. The molecule has 0 spiro atoms. The topological polar surface area (TPSA) is 51.2 Å². The second-order valence-corrected chi connectivity index (χ2v) is 29.7. The Bertz CT molecular complexity index is 3720. The standard InChI is InChI=1S/C31H36O.C29H32O.C29H40O/c1-5-22-12-9-10-17-27(22)30(32)28-21-26(18-19-29(28)31(2,3)4)25-16-11-15-24(20-25)23-13-7-6-8-14-23;1-3-21-11-8-9-16-27(21)29(30)28-20-26(18-17-22(28)4-2)25-15-10-14-24(19-25)23-12-6-5-7-13-23;1-7-22-12-8-9-14-25(22)28(30)26-19-24(15-16-27(26)29(4,5)6)23-13-10-11-21(18-23)17-20(2)3/h6-10,12-14,17-19,21,24-25H,5,11,15-16,20H2,1-4H3;5-9,11-13,16-18,20,24-25H,3-4,10,14-15,19H2,1-2H3;8-9,12,14-16,19-21,23H,7,10-11,13,17-18H2,1-6H3/t;;21-,23?/m..0/s1. The monoisotopic (exact) mass is 1220 g/mol. The molecule has 3 nitrogen and oxygen atoms in total. The van der Waals surface area contributed by atoms with Gasteiger partial charge in [0.2, 0.25) is 0 Å². The Hall–Kier alpha value is -7.23. The lowest BCUT2D eigenvalue weighted by Gasteiger charge is -2.31. The molecule has 3 aliphatic carbocycles. The zero-order valence-corrected chi connectivity index (χ0v) is 58.2. The summed E-state index contributed by atoms with van der Waals surface area (Å²) in [7, 11) is 0. The van der Waals surface area contributed by atoms with E-state index in [0.29, 0.717) is 29.6 Å². The van der Waals surface area contributed by atoms with Crippen LogP contribution in [-0.4, -0.2) is 17.3 Å². The highest BCUT2D eigenvalue weighted by Crippen LogP contribution is 2.45. The number of carbonyl (C=O) groups excluding carboxylic acids is 3. The zero-order chi connectivity index (χ0) is 65.5. The fourth-order valence-electron chi connectivity index (χ4n) is 15.8. The van der Waals surface area contributed by atoms with E-state index < -0.39 is 0 Å². The number of hydrogen-bond donors (Lipinski definition) is 0. The summed E-state index contributed by atoms with van der Waals surface area (Å²) >= 11 is 0. The first kappa shape index (κ1) is 69.1. The van der Waals surface area contributed by atoms with Crippen molar-refractivity contribution < 1.29 is 14.4 Å². The van der Waals surface area contributed by atoms with Crippen molar-refractivity contribution in [3.05, 3.63) is 283 Å². The van der Waals surface area contributed by atoms with E-state index >= 15 is 0 Å². The number of ketones is 3. The predicted molar refractivity (Wildman–Crippen MR) is 389 cm³/mol. The Morgan fingerprint density at radius 1 is 0.337 bits per heavy atom. The molecule has 92 heavy (non-hydrogen) atoms. The molecular formula is C89H108O3. The summed E-state index contributed by atoms with van der Waals surface area (Å²) in [5.74, 6) is 4.99. The first-order chi connectivity index (χ1) is 44.3. The summed E-state index contributed by atoms with van der Waals surface area (Å²) in [4.78, 5) is 41.1. The molecule has 3 saturated carbocycles.